The van der Waals surface area contributed by atoms with Crippen molar-refractivity contribution in [2.24, 2.45) is 12.0 Å². The number of sulfonamides is 1. The molecule has 8 nitrogen and oxygen atoms in total. The number of aryl methyl sites for hydroxylation is 2. The van der Waals surface area contributed by atoms with Crippen molar-refractivity contribution in [1.82, 2.24) is 19.9 Å². The molecule has 30 heavy (non-hydrogen) atoms. The van der Waals surface area contributed by atoms with Crippen LogP contribution in [-0.2, 0) is 23.6 Å². The Hall–Kier alpha value is -1.79. The van der Waals surface area contributed by atoms with Gasteiger partial charge in [0.1, 0.15) is 5.75 Å². The van der Waals surface area contributed by atoms with Crippen molar-refractivity contribution in [1.29, 1.82) is 0 Å². The average molecular weight is 549 g/mol. The van der Waals surface area contributed by atoms with Gasteiger partial charge < -0.3 is 19.9 Å². The van der Waals surface area contributed by atoms with E-state index in [2.05, 4.69) is 20.3 Å². The smallest absolute Gasteiger partial charge is 0.242 e. The minimum Gasteiger partial charge on any atom is -0.494 e. The van der Waals surface area contributed by atoms with Crippen LogP contribution < -0.4 is 20.1 Å². The van der Waals surface area contributed by atoms with Crippen molar-refractivity contribution in [2.45, 2.75) is 32.2 Å². The molecular formula is C20H32IN5O3S. The summed E-state index contributed by atoms with van der Waals surface area (Å²) in [5.74, 6) is 1.46. The first kappa shape index (κ1) is 26.2. The van der Waals surface area contributed by atoms with E-state index in [-0.39, 0.29) is 35.4 Å². The van der Waals surface area contributed by atoms with Gasteiger partial charge in [-0.15, -0.1) is 24.0 Å². The van der Waals surface area contributed by atoms with Crippen molar-refractivity contribution in [3.63, 3.8) is 0 Å². The number of nitrogens with zero attached hydrogens (tertiary/aromatic N) is 2. The number of aromatic nitrogens is 1. The molecule has 0 saturated heterocycles. The number of benzene rings is 1. The number of hydrogen-bond acceptors (Lipinski definition) is 4. The van der Waals surface area contributed by atoms with E-state index in [4.69, 9.17) is 4.74 Å². The van der Waals surface area contributed by atoms with Crippen LogP contribution in [0.4, 0.5) is 0 Å². The summed E-state index contributed by atoms with van der Waals surface area (Å²) in [5, 5.41) is 6.31. The second-order valence-corrected chi connectivity index (χ2v) is 8.34. The molecular weight excluding hydrogens is 517 g/mol. The third kappa shape index (κ3) is 8.15. The maximum atomic E-state index is 12.2. The van der Waals surface area contributed by atoms with E-state index in [0.29, 0.717) is 32.2 Å². The van der Waals surface area contributed by atoms with Crippen LogP contribution in [0.1, 0.15) is 25.0 Å². The Morgan fingerprint density at radius 1 is 1.17 bits per heavy atom. The zero-order valence-electron chi connectivity index (χ0n) is 17.9. The standard InChI is InChI=1S/C20H31N5O3S.HI/c1-5-21-20(23-14-17-8-7-16(3)13-19(17)28-6-2)22-10-11-24-29(26,27)18-9-12-25(4)15-18;/h7-9,12-13,15,24H,5-6,10-11,14H2,1-4H3,(H2,21,22,23);1H. The summed E-state index contributed by atoms with van der Waals surface area (Å²) in [6, 6.07) is 7.62. The first-order valence-corrected chi connectivity index (χ1v) is 11.2. The molecule has 3 N–H and O–H groups in total. The highest BCUT2D eigenvalue weighted by Gasteiger charge is 2.14. The molecule has 0 spiro atoms. The van der Waals surface area contributed by atoms with E-state index in [9.17, 15) is 8.42 Å². The second kappa shape index (κ2) is 12.8. The van der Waals surface area contributed by atoms with Crippen LogP contribution in [0.3, 0.4) is 0 Å². The van der Waals surface area contributed by atoms with E-state index in [1.54, 1.807) is 30.1 Å². The van der Waals surface area contributed by atoms with Gasteiger partial charge in [-0.3, -0.25) is 0 Å². The average Bonchev–Trinajstić information content (AvgIpc) is 3.12. The maximum absolute atomic E-state index is 12.2. The van der Waals surface area contributed by atoms with Crippen LogP contribution in [0.15, 0.2) is 46.5 Å². The van der Waals surface area contributed by atoms with Gasteiger partial charge in [0.15, 0.2) is 5.96 Å². The van der Waals surface area contributed by atoms with E-state index < -0.39 is 10.0 Å². The number of halogens is 1. The fourth-order valence-electron chi connectivity index (χ4n) is 2.67. The molecule has 10 heteroatoms. The van der Waals surface area contributed by atoms with E-state index in [0.717, 1.165) is 16.9 Å². The highest BCUT2D eigenvalue weighted by atomic mass is 127. The van der Waals surface area contributed by atoms with E-state index >= 15 is 0 Å². The Balaban J connectivity index is 0.00000450. The molecule has 0 amide bonds. The first-order valence-electron chi connectivity index (χ1n) is 9.71. The maximum Gasteiger partial charge on any atom is 0.242 e. The SMILES string of the molecule is CCNC(=NCc1ccc(C)cc1OCC)NCCNS(=O)(=O)c1ccn(C)c1.I. The second-order valence-electron chi connectivity index (χ2n) is 6.58. The highest BCUT2D eigenvalue weighted by molar-refractivity contribution is 14.0. The lowest BCUT2D eigenvalue weighted by molar-refractivity contribution is 0.336. The van der Waals surface area contributed by atoms with E-state index in [1.165, 1.54) is 0 Å². The Morgan fingerprint density at radius 2 is 1.93 bits per heavy atom. The molecule has 2 rings (SSSR count). The molecule has 0 aliphatic carbocycles. The number of nitrogens with one attached hydrogen (secondary N) is 3. The van der Waals surface area contributed by atoms with Crippen molar-refractivity contribution >= 4 is 40.0 Å². The summed E-state index contributed by atoms with van der Waals surface area (Å²) in [5.41, 5.74) is 2.14. The summed E-state index contributed by atoms with van der Waals surface area (Å²) in [7, 11) is -1.73. The van der Waals surface area contributed by atoms with Gasteiger partial charge in [0.2, 0.25) is 10.0 Å². The van der Waals surface area contributed by atoms with Gasteiger partial charge in [-0.1, -0.05) is 12.1 Å². The van der Waals surface area contributed by atoms with Crippen molar-refractivity contribution in [2.75, 3.05) is 26.2 Å². The Labute approximate surface area is 196 Å². The summed E-state index contributed by atoms with van der Waals surface area (Å²) < 4.78 is 34.5. The van der Waals surface area contributed by atoms with Crippen LogP contribution in [-0.4, -0.2) is 45.2 Å². The molecule has 0 fully saturated rings. The zero-order valence-corrected chi connectivity index (χ0v) is 21.1. The van der Waals surface area contributed by atoms with Crippen LogP contribution >= 0.6 is 24.0 Å². The normalized spacial score (nSPS) is 11.7. The molecule has 1 aromatic carbocycles. The van der Waals surface area contributed by atoms with Gasteiger partial charge in [-0.25, -0.2) is 18.1 Å². The highest BCUT2D eigenvalue weighted by Crippen LogP contribution is 2.21. The number of rotatable bonds is 10. The lowest BCUT2D eigenvalue weighted by Gasteiger charge is -2.13. The lowest BCUT2D eigenvalue weighted by Crippen LogP contribution is -2.41. The summed E-state index contributed by atoms with van der Waals surface area (Å²) in [6.07, 6.45) is 3.27. The van der Waals surface area contributed by atoms with E-state index in [1.807, 2.05) is 39.0 Å². The number of ether oxygens (including phenoxy) is 1. The van der Waals surface area contributed by atoms with Crippen molar-refractivity contribution < 1.29 is 13.2 Å². The van der Waals surface area contributed by atoms with Crippen molar-refractivity contribution in [3.05, 3.63) is 47.8 Å². The third-order valence-electron chi connectivity index (χ3n) is 4.10. The summed E-state index contributed by atoms with van der Waals surface area (Å²) >= 11 is 0. The van der Waals surface area contributed by atoms with Gasteiger partial charge in [-0.2, -0.15) is 0 Å². The third-order valence-corrected chi connectivity index (χ3v) is 5.55. The van der Waals surface area contributed by atoms with Gasteiger partial charge in [0.05, 0.1) is 18.0 Å². The molecule has 1 heterocycles. The molecule has 0 bridgehead atoms. The monoisotopic (exact) mass is 549 g/mol. The van der Waals surface area contributed by atoms with Crippen LogP contribution in [0.25, 0.3) is 0 Å². The predicted octanol–water partition coefficient (Wildman–Crippen LogP) is 2.38. The Morgan fingerprint density at radius 3 is 2.57 bits per heavy atom. The quantitative estimate of drug-likeness (QED) is 0.183. The molecule has 0 aliphatic heterocycles. The molecule has 168 valence electrons. The zero-order chi connectivity index (χ0) is 21.3. The van der Waals surface area contributed by atoms with Gasteiger partial charge in [0, 0.05) is 44.6 Å². The molecule has 0 aliphatic rings. The molecule has 0 unspecified atom stereocenters. The fourth-order valence-corrected chi connectivity index (χ4v) is 3.76. The van der Waals surface area contributed by atoms with Gasteiger partial charge in [-0.05, 0) is 38.5 Å². The van der Waals surface area contributed by atoms with Crippen molar-refractivity contribution in [3.8, 4) is 5.75 Å². The van der Waals surface area contributed by atoms with Crippen LogP contribution in [0.5, 0.6) is 5.75 Å². The Kier molecular flexibility index (Phi) is 11.2. The molecule has 1 aromatic heterocycles. The molecule has 0 atom stereocenters. The number of hydrogen-bond donors (Lipinski definition) is 3. The number of guanidine groups is 1. The summed E-state index contributed by atoms with van der Waals surface area (Å²) in [4.78, 5) is 4.84. The molecule has 0 radical (unpaired) electrons. The first-order chi connectivity index (χ1) is 13.9. The minimum atomic E-state index is -3.51. The summed E-state index contributed by atoms with van der Waals surface area (Å²) in [6.45, 7) is 8.37. The topological polar surface area (TPSA) is 96.8 Å². The van der Waals surface area contributed by atoms with Gasteiger partial charge in [0.25, 0.3) is 0 Å². The fraction of sp³-hybridized carbons (Fsp3) is 0.450. The Bertz CT molecular complexity index is 928. The van der Waals surface area contributed by atoms with Gasteiger partial charge >= 0.3 is 0 Å². The van der Waals surface area contributed by atoms with Crippen LogP contribution in [0.2, 0.25) is 0 Å². The number of aliphatic imine (C=N–C) groups is 1. The minimum absolute atomic E-state index is 0. The molecule has 2 aromatic rings. The lowest BCUT2D eigenvalue weighted by atomic mass is 10.1. The largest absolute Gasteiger partial charge is 0.494 e. The predicted molar refractivity (Wildman–Crippen MR) is 131 cm³/mol. The van der Waals surface area contributed by atoms with Crippen LogP contribution in [0, 0.1) is 6.92 Å². The molecule has 0 saturated carbocycles.